The summed E-state index contributed by atoms with van der Waals surface area (Å²) in [6.45, 7) is 6.08. The molecule has 6 nitrogen and oxygen atoms in total. The Morgan fingerprint density at radius 2 is 1.55 bits per heavy atom. The van der Waals surface area contributed by atoms with Gasteiger partial charge in [0.2, 0.25) is 5.75 Å². The third-order valence-corrected chi connectivity index (χ3v) is 5.70. The third-order valence-electron chi connectivity index (χ3n) is 5.70. The number of rotatable bonds is 6. The normalized spacial score (nSPS) is 14.0. The van der Waals surface area contributed by atoms with Crippen molar-refractivity contribution in [2.24, 2.45) is 0 Å². The van der Waals surface area contributed by atoms with Crippen LogP contribution in [0.3, 0.4) is 0 Å². The van der Waals surface area contributed by atoms with E-state index in [-0.39, 0.29) is 5.56 Å². The SMILES string of the molecule is COc1ccc(Oc2c(N3CCCCC3)cnn(-c3ccc(C(C)C)cc3)c2=O)cc1. The summed E-state index contributed by atoms with van der Waals surface area (Å²) in [5.41, 5.74) is 2.42. The Bertz CT molecular complexity index is 1070. The lowest BCUT2D eigenvalue weighted by Gasteiger charge is -2.29. The van der Waals surface area contributed by atoms with Gasteiger partial charge in [0, 0.05) is 13.1 Å². The molecule has 0 unspecified atom stereocenters. The largest absolute Gasteiger partial charge is 0.497 e. The first-order chi connectivity index (χ1) is 15.1. The summed E-state index contributed by atoms with van der Waals surface area (Å²) >= 11 is 0. The summed E-state index contributed by atoms with van der Waals surface area (Å²) in [6, 6.07) is 15.2. The van der Waals surface area contributed by atoms with Gasteiger partial charge >= 0.3 is 5.56 Å². The zero-order chi connectivity index (χ0) is 21.8. The molecule has 0 bridgehead atoms. The molecule has 0 spiro atoms. The maximum atomic E-state index is 13.5. The number of piperidine rings is 1. The summed E-state index contributed by atoms with van der Waals surface area (Å²) in [4.78, 5) is 15.7. The summed E-state index contributed by atoms with van der Waals surface area (Å²) in [6.07, 6.45) is 5.16. The molecule has 2 aromatic carbocycles. The van der Waals surface area contributed by atoms with Gasteiger partial charge < -0.3 is 14.4 Å². The second-order valence-corrected chi connectivity index (χ2v) is 8.15. The van der Waals surface area contributed by atoms with Gasteiger partial charge in [-0.3, -0.25) is 4.79 Å². The number of benzene rings is 2. The fraction of sp³-hybridized carbons (Fsp3) is 0.360. The van der Waals surface area contributed by atoms with E-state index in [1.165, 1.54) is 16.7 Å². The highest BCUT2D eigenvalue weighted by Gasteiger charge is 2.21. The van der Waals surface area contributed by atoms with E-state index >= 15 is 0 Å². The molecule has 0 radical (unpaired) electrons. The lowest BCUT2D eigenvalue weighted by atomic mass is 10.0. The summed E-state index contributed by atoms with van der Waals surface area (Å²) in [7, 11) is 1.62. The zero-order valence-corrected chi connectivity index (χ0v) is 18.4. The van der Waals surface area contributed by atoms with E-state index in [4.69, 9.17) is 9.47 Å². The van der Waals surface area contributed by atoms with Crippen LogP contribution in [0.5, 0.6) is 17.2 Å². The minimum atomic E-state index is -0.267. The molecule has 6 heteroatoms. The Morgan fingerprint density at radius 3 is 2.16 bits per heavy atom. The Labute approximate surface area is 183 Å². The minimum Gasteiger partial charge on any atom is -0.497 e. The smallest absolute Gasteiger partial charge is 0.316 e. The topological polar surface area (TPSA) is 56.6 Å². The number of hydrogen-bond donors (Lipinski definition) is 0. The van der Waals surface area contributed by atoms with E-state index in [2.05, 4.69) is 23.8 Å². The molecule has 1 aliphatic heterocycles. The zero-order valence-electron chi connectivity index (χ0n) is 18.4. The molecule has 1 fully saturated rings. The van der Waals surface area contributed by atoms with Crippen molar-refractivity contribution >= 4 is 5.69 Å². The van der Waals surface area contributed by atoms with Gasteiger partial charge in [0.25, 0.3) is 0 Å². The lowest BCUT2D eigenvalue weighted by Crippen LogP contribution is -2.33. The van der Waals surface area contributed by atoms with Gasteiger partial charge in [0.1, 0.15) is 17.2 Å². The molecule has 1 saturated heterocycles. The molecule has 1 aliphatic rings. The Hall–Kier alpha value is -3.28. The average molecular weight is 420 g/mol. The number of methoxy groups -OCH3 is 1. The van der Waals surface area contributed by atoms with Crippen LogP contribution in [0.15, 0.2) is 59.5 Å². The summed E-state index contributed by atoms with van der Waals surface area (Å²) in [5, 5.41) is 4.49. The maximum absolute atomic E-state index is 13.5. The van der Waals surface area contributed by atoms with Crippen LogP contribution in [0.2, 0.25) is 0 Å². The van der Waals surface area contributed by atoms with Crippen molar-refractivity contribution in [1.82, 2.24) is 9.78 Å². The van der Waals surface area contributed by atoms with Crippen LogP contribution in [0.4, 0.5) is 5.69 Å². The highest BCUT2D eigenvalue weighted by molar-refractivity contribution is 5.58. The first-order valence-electron chi connectivity index (χ1n) is 10.9. The molecule has 0 saturated carbocycles. The van der Waals surface area contributed by atoms with Gasteiger partial charge in [-0.25, -0.2) is 0 Å². The minimum absolute atomic E-state index is 0.267. The average Bonchev–Trinajstić information content (AvgIpc) is 2.81. The molecule has 3 aromatic rings. The molecule has 31 heavy (non-hydrogen) atoms. The first-order valence-corrected chi connectivity index (χ1v) is 10.9. The number of hydrogen-bond acceptors (Lipinski definition) is 5. The quantitative estimate of drug-likeness (QED) is 0.553. The molecule has 4 rings (SSSR count). The highest BCUT2D eigenvalue weighted by Crippen LogP contribution is 2.31. The van der Waals surface area contributed by atoms with Crippen LogP contribution in [0, 0.1) is 0 Å². The van der Waals surface area contributed by atoms with Crippen LogP contribution < -0.4 is 19.9 Å². The molecular weight excluding hydrogens is 390 g/mol. The maximum Gasteiger partial charge on any atom is 0.316 e. The van der Waals surface area contributed by atoms with E-state index in [9.17, 15) is 4.79 Å². The number of nitrogens with zero attached hydrogens (tertiary/aromatic N) is 3. The van der Waals surface area contributed by atoms with Crippen molar-refractivity contribution in [3.05, 3.63) is 70.6 Å². The standard InChI is InChI=1S/C25H29N3O3/c1-18(2)19-7-9-20(10-8-19)28-25(29)24(31-22-13-11-21(30-3)12-14-22)23(17-26-28)27-15-5-4-6-16-27/h7-14,17-18H,4-6,15-16H2,1-3H3. The fourth-order valence-electron chi connectivity index (χ4n) is 3.83. The van der Waals surface area contributed by atoms with Crippen molar-refractivity contribution in [2.75, 3.05) is 25.1 Å². The van der Waals surface area contributed by atoms with Gasteiger partial charge in [-0.15, -0.1) is 0 Å². The Balaban J connectivity index is 1.75. The van der Waals surface area contributed by atoms with Gasteiger partial charge in [0.15, 0.2) is 0 Å². The second kappa shape index (κ2) is 9.25. The molecule has 162 valence electrons. The van der Waals surface area contributed by atoms with E-state index in [1.54, 1.807) is 25.4 Å². The van der Waals surface area contributed by atoms with Crippen LogP contribution in [-0.2, 0) is 0 Å². The van der Waals surface area contributed by atoms with Gasteiger partial charge in [-0.2, -0.15) is 9.78 Å². The van der Waals surface area contributed by atoms with Gasteiger partial charge in [-0.05, 0) is 67.1 Å². The molecular formula is C25H29N3O3. The van der Waals surface area contributed by atoms with E-state index < -0.39 is 0 Å². The van der Waals surface area contributed by atoms with Crippen LogP contribution in [-0.4, -0.2) is 30.0 Å². The molecule has 2 heterocycles. The van der Waals surface area contributed by atoms with Crippen LogP contribution in [0.25, 0.3) is 5.69 Å². The monoisotopic (exact) mass is 419 g/mol. The van der Waals surface area contributed by atoms with Crippen LogP contribution >= 0.6 is 0 Å². The van der Waals surface area contributed by atoms with Crippen LogP contribution in [0.1, 0.15) is 44.6 Å². The molecule has 0 aliphatic carbocycles. The van der Waals surface area contributed by atoms with E-state index in [1.807, 2.05) is 36.4 Å². The van der Waals surface area contributed by atoms with Crippen molar-refractivity contribution in [3.8, 4) is 22.9 Å². The second-order valence-electron chi connectivity index (χ2n) is 8.15. The fourth-order valence-corrected chi connectivity index (χ4v) is 3.83. The third kappa shape index (κ3) is 4.58. The van der Waals surface area contributed by atoms with E-state index in [0.717, 1.165) is 43.1 Å². The molecule has 0 N–H and O–H groups in total. The summed E-state index contributed by atoms with van der Waals surface area (Å²) < 4.78 is 12.8. The molecule has 0 amide bonds. The molecule has 0 atom stereocenters. The number of anilines is 1. The van der Waals surface area contributed by atoms with Crippen molar-refractivity contribution in [3.63, 3.8) is 0 Å². The number of aromatic nitrogens is 2. The van der Waals surface area contributed by atoms with Crippen molar-refractivity contribution in [2.45, 2.75) is 39.0 Å². The lowest BCUT2D eigenvalue weighted by molar-refractivity contribution is 0.412. The predicted molar refractivity (Wildman–Crippen MR) is 123 cm³/mol. The molecule has 1 aromatic heterocycles. The summed E-state index contributed by atoms with van der Waals surface area (Å²) in [5.74, 6) is 2.05. The Kier molecular flexibility index (Phi) is 6.26. The highest BCUT2D eigenvalue weighted by atomic mass is 16.5. The van der Waals surface area contributed by atoms with Gasteiger partial charge in [0.05, 0.1) is 19.0 Å². The first kappa shape index (κ1) is 21.0. The number of ether oxygens (including phenoxy) is 2. The van der Waals surface area contributed by atoms with E-state index in [0.29, 0.717) is 17.4 Å². The Morgan fingerprint density at radius 1 is 0.903 bits per heavy atom. The van der Waals surface area contributed by atoms with Crippen molar-refractivity contribution in [1.29, 1.82) is 0 Å². The predicted octanol–water partition coefficient (Wildman–Crippen LogP) is 5.15. The van der Waals surface area contributed by atoms with Crippen molar-refractivity contribution < 1.29 is 9.47 Å². The van der Waals surface area contributed by atoms with Gasteiger partial charge in [-0.1, -0.05) is 26.0 Å².